The zero-order valence-corrected chi connectivity index (χ0v) is 7.54. The van der Waals surface area contributed by atoms with Gasteiger partial charge in [-0.15, -0.1) is 0 Å². The standard InChI is InChI=1S/C9H9F3N2/c1-7-2-3-8(5-14-7)4-13-6-9(10,11)12/h2-5H,6H2,1H3/b13-4+. The summed E-state index contributed by atoms with van der Waals surface area (Å²) < 4.78 is 35.1. The largest absolute Gasteiger partial charge is 0.407 e. The van der Waals surface area contributed by atoms with Crippen LogP contribution < -0.4 is 0 Å². The maximum atomic E-state index is 11.7. The maximum Gasteiger partial charge on any atom is 0.407 e. The van der Waals surface area contributed by atoms with Crippen LogP contribution in [0.2, 0.25) is 0 Å². The van der Waals surface area contributed by atoms with Crippen molar-refractivity contribution in [2.24, 2.45) is 4.99 Å². The van der Waals surface area contributed by atoms with Crippen LogP contribution in [0.1, 0.15) is 11.3 Å². The van der Waals surface area contributed by atoms with Gasteiger partial charge in [-0.3, -0.25) is 9.98 Å². The Bertz CT molecular complexity index is 314. The van der Waals surface area contributed by atoms with E-state index < -0.39 is 12.7 Å². The molecule has 0 N–H and O–H groups in total. The van der Waals surface area contributed by atoms with Gasteiger partial charge >= 0.3 is 6.18 Å². The molecule has 0 saturated heterocycles. The molecule has 0 atom stereocenters. The van der Waals surface area contributed by atoms with E-state index in [9.17, 15) is 13.2 Å². The number of hydrogen-bond donors (Lipinski definition) is 0. The van der Waals surface area contributed by atoms with Gasteiger partial charge in [0.25, 0.3) is 0 Å². The van der Waals surface area contributed by atoms with Crippen molar-refractivity contribution in [3.8, 4) is 0 Å². The van der Waals surface area contributed by atoms with Crippen molar-refractivity contribution in [1.82, 2.24) is 4.98 Å². The van der Waals surface area contributed by atoms with Crippen LogP contribution in [0, 0.1) is 6.92 Å². The van der Waals surface area contributed by atoms with E-state index in [-0.39, 0.29) is 0 Å². The number of halogens is 3. The molecule has 1 heterocycles. The second-order valence-corrected chi connectivity index (χ2v) is 2.82. The molecule has 0 aliphatic carbocycles. The van der Waals surface area contributed by atoms with Crippen LogP contribution in [0.3, 0.4) is 0 Å². The molecule has 0 aliphatic heterocycles. The summed E-state index contributed by atoms with van der Waals surface area (Å²) in [7, 11) is 0. The number of rotatable bonds is 2. The molecule has 0 aliphatic rings. The minimum atomic E-state index is -4.24. The fraction of sp³-hybridized carbons (Fsp3) is 0.333. The van der Waals surface area contributed by atoms with Gasteiger partial charge < -0.3 is 0 Å². The second-order valence-electron chi connectivity index (χ2n) is 2.82. The summed E-state index contributed by atoms with van der Waals surface area (Å²) in [6, 6.07) is 3.39. The summed E-state index contributed by atoms with van der Waals surface area (Å²) >= 11 is 0. The van der Waals surface area contributed by atoms with E-state index in [1.165, 1.54) is 12.4 Å². The van der Waals surface area contributed by atoms with Crippen LogP contribution in [-0.2, 0) is 0 Å². The smallest absolute Gasteiger partial charge is 0.283 e. The van der Waals surface area contributed by atoms with Crippen LogP contribution in [-0.4, -0.2) is 23.9 Å². The van der Waals surface area contributed by atoms with Crippen LogP contribution in [0.15, 0.2) is 23.3 Å². The molecule has 0 aromatic carbocycles. The predicted molar refractivity (Wildman–Crippen MR) is 47.5 cm³/mol. The molecule has 0 fully saturated rings. The zero-order chi connectivity index (χ0) is 10.6. The van der Waals surface area contributed by atoms with Gasteiger partial charge in [-0.2, -0.15) is 13.2 Å². The number of hydrogen-bond acceptors (Lipinski definition) is 2. The molecule has 0 radical (unpaired) electrons. The van der Waals surface area contributed by atoms with Crippen molar-refractivity contribution in [1.29, 1.82) is 0 Å². The summed E-state index contributed by atoms with van der Waals surface area (Å²) in [6.07, 6.45) is -1.59. The van der Waals surface area contributed by atoms with Crippen molar-refractivity contribution >= 4 is 6.21 Å². The lowest BCUT2D eigenvalue weighted by Crippen LogP contribution is -2.11. The first-order valence-corrected chi connectivity index (χ1v) is 3.96. The lowest BCUT2D eigenvalue weighted by atomic mass is 10.3. The van der Waals surface area contributed by atoms with E-state index in [1.807, 2.05) is 0 Å². The summed E-state index contributed by atoms with van der Waals surface area (Å²) in [6.45, 7) is 0.650. The number of pyridine rings is 1. The van der Waals surface area contributed by atoms with Crippen LogP contribution in [0.5, 0.6) is 0 Å². The highest BCUT2D eigenvalue weighted by molar-refractivity contribution is 5.78. The molecule has 76 valence electrons. The van der Waals surface area contributed by atoms with Gasteiger partial charge in [0.15, 0.2) is 0 Å². The highest BCUT2D eigenvalue weighted by atomic mass is 19.4. The maximum absolute atomic E-state index is 11.7. The summed E-state index contributed by atoms with van der Waals surface area (Å²) in [5.41, 5.74) is 1.39. The predicted octanol–water partition coefficient (Wildman–Crippen LogP) is 2.37. The SMILES string of the molecule is Cc1ccc(/C=N/CC(F)(F)F)cn1. The van der Waals surface area contributed by atoms with Gasteiger partial charge in [0, 0.05) is 23.7 Å². The molecule has 0 bridgehead atoms. The zero-order valence-electron chi connectivity index (χ0n) is 7.54. The van der Waals surface area contributed by atoms with Crippen molar-refractivity contribution in [2.45, 2.75) is 13.1 Å². The van der Waals surface area contributed by atoms with Gasteiger partial charge in [-0.1, -0.05) is 6.07 Å². The molecular formula is C9H9F3N2. The quantitative estimate of drug-likeness (QED) is 0.676. The average molecular weight is 202 g/mol. The molecule has 1 aromatic rings. The lowest BCUT2D eigenvalue weighted by Gasteiger charge is -2.00. The fourth-order valence-corrected chi connectivity index (χ4v) is 0.810. The second kappa shape index (κ2) is 4.21. The monoisotopic (exact) mass is 202 g/mol. The van der Waals surface area contributed by atoms with Crippen molar-refractivity contribution < 1.29 is 13.2 Å². The van der Waals surface area contributed by atoms with Crippen molar-refractivity contribution in [3.05, 3.63) is 29.6 Å². The number of alkyl halides is 3. The van der Waals surface area contributed by atoms with Crippen molar-refractivity contribution in [2.75, 3.05) is 6.54 Å². The molecule has 1 rings (SSSR count). The van der Waals surface area contributed by atoms with Crippen LogP contribution in [0.4, 0.5) is 13.2 Å². The van der Waals surface area contributed by atoms with E-state index >= 15 is 0 Å². The van der Waals surface area contributed by atoms with Gasteiger partial charge in [0.1, 0.15) is 6.54 Å². The summed E-state index contributed by atoms with van der Waals surface area (Å²) in [4.78, 5) is 7.17. The summed E-state index contributed by atoms with van der Waals surface area (Å²) in [5, 5.41) is 0. The molecule has 0 spiro atoms. The highest BCUT2D eigenvalue weighted by Gasteiger charge is 2.25. The van der Waals surface area contributed by atoms with Crippen LogP contribution >= 0.6 is 0 Å². The van der Waals surface area contributed by atoms with E-state index in [0.717, 1.165) is 5.69 Å². The number of nitrogens with zero attached hydrogens (tertiary/aromatic N) is 2. The Labute approximate surface area is 79.5 Å². The molecule has 14 heavy (non-hydrogen) atoms. The number of aromatic nitrogens is 1. The summed E-state index contributed by atoms with van der Waals surface area (Å²) in [5.74, 6) is 0. The van der Waals surface area contributed by atoms with Gasteiger partial charge in [-0.25, -0.2) is 0 Å². The van der Waals surface area contributed by atoms with Gasteiger partial charge in [0.2, 0.25) is 0 Å². The van der Waals surface area contributed by atoms with Crippen molar-refractivity contribution in [3.63, 3.8) is 0 Å². The topological polar surface area (TPSA) is 25.2 Å². The Kier molecular flexibility index (Phi) is 3.22. The minimum absolute atomic E-state index is 0.569. The third kappa shape index (κ3) is 4.02. The minimum Gasteiger partial charge on any atom is -0.283 e. The third-order valence-electron chi connectivity index (χ3n) is 1.45. The van der Waals surface area contributed by atoms with E-state index in [1.54, 1.807) is 19.1 Å². The molecule has 0 amide bonds. The first-order chi connectivity index (χ1) is 6.47. The number of aryl methyl sites for hydroxylation is 1. The van der Waals surface area contributed by atoms with Crippen LogP contribution in [0.25, 0.3) is 0 Å². The number of aliphatic imine (C=N–C) groups is 1. The third-order valence-corrected chi connectivity index (χ3v) is 1.45. The molecule has 2 nitrogen and oxygen atoms in total. The average Bonchev–Trinajstić information content (AvgIpc) is 2.06. The highest BCUT2D eigenvalue weighted by Crippen LogP contribution is 2.14. The Hall–Kier alpha value is -1.39. The molecular weight excluding hydrogens is 193 g/mol. The molecule has 0 unspecified atom stereocenters. The Balaban J connectivity index is 2.57. The van der Waals surface area contributed by atoms with E-state index in [2.05, 4.69) is 9.98 Å². The molecule has 5 heteroatoms. The molecule has 1 aromatic heterocycles. The first kappa shape index (κ1) is 10.7. The Morgan fingerprint density at radius 1 is 1.43 bits per heavy atom. The normalized spacial score (nSPS) is 12.3. The first-order valence-electron chi connectivity index (χ1n) is 3.96. The fourth-order valence-electron chi connectivity index (χ4n) is 0.810. The molecule has 0 saturated carbocycles. The Morgan fingerprint density at radius 3 is 2.64 bits per heavy atom. The van der Waals surface area contributed by atoms with E-state index in [0.29, 0.717) is 5.56 Å². The van der Waals surface area contributed by atoms with Gasteiger partial charge in [0.05, 0.1) is 0 Å². The van der Waals surface area contributed by atoms with Gasteiger partial charge in [-0.05, 0) is 13.0 Å². The Morgan fingerprint density at radius 2 is 2.14 bits per heavy atom. The van der Waals surface area contributed by atoms with E-state index in [4.69, 9.17) is 0 Å². The lowest BCUT2D eigenvalue weighted by molar-refractivity contribution is -0.118.